The molecule has 2 amide bonds. The minimum absolute atomic E-state index is 0.00473. The molecule has 222 valence electrons. The molecule has 3 aliphatic rings. The van der Waals surface area contributed by atoms with E-state index in [9.17, 15) is 27.9 Å². The summed E-state index contributed by atoms with van der Waals surface area (Å²) in [5.41, 5.74) is -2.43. The van der Waals surface area contributed by atoms with Gasteiger partial charge in [0.15, 0.2) is 0 Å². The molecule has 3 heterocycles. The first-order valence-corrected chi connectivity index (χ1v) is 13.7. The Balaban J connectivity index is 1.76. The smallest absolute Gasteiger partial charge is 0.444 e. The highest BCUT2D eigenvalue weighted by Gasteiger charge is 2.57. The molecular weight excluding hydrogens is 528 g/mol. The Morgan fingerprint density at radius 3 is 2.20 bits per heavy atom. The maximum Gasteiger partial charge on any atom is 0.494 e. The number of alkyl halides is 3. The molecule has 0 saturated carbocycles. The number of carbonyl (C=O) groups is 2. The van der Waals surface area contributed by atoms with Crippen molar-refractivity contribution in [2.75, 3.05) is 13.1 Å². The number of halogens is 3. The van der Waals surface area contributed by atoms with Gasteiger partial charge >= 0.3 is 19.4 Å². The van der Waals surface area contributed by atoms with E-state index in [2.05, 4.69) is 0 Å². The highest BCUT2D eigenvalue weighted by atomic mass is 19.4. The Kier molecular flexibility index (Phi) is 7.59. The SMILES string of the molecule is CC(C)(C)OC(=O)N1CCCC1c1cc(B2OC(C)(C)C(C)(C)O2)cc2c1CN(C(=O)[C@](C)(O)C(F)(F)F)CC2. The van der Waals surface area contributed by atoms with E-state index in [0.29, 0.717) is 31.9 Å². The summed E-state index contributed by atoms with van der Waals surface area (Å²) in [6, 6.07) is 3.38. The second-order valence-corrected chi connectivity index (χ2v) is 13.2. The fraction of sp³-hybridized carbons (Fsp3) is 0.714. The molecule has 3 aliphatic heterocycles. The molecule has 12 heteroatoms. The Morgan fingerprint density at radius 2 is 1.65 bits per heavy atom. The summed E-state index contributed by atoms with van der Waals surface area (Å²) in [6.45, 7) is 14.0. The molecule has 1 aromatic rings. The Morgan fingerprint density at radius 1 is 1.05 bits per heavy atom. The van der Waals surface area contributed by atoms with E-state index in [4.69, 9.17) is 14.0 Å². The number of benzene rings is 1. The molecule has 40 heavy (non-hydrogen) atoms. The average Bonchev–Trinajstić information content (AvgIpc) is 3.37. The average molecular weight is 568 g/mol. The summed E-state index contributed by atoms with van der Waals surface area (Å²) < 4.78 is 58.7. The molecule has 0 aliphatic carbocycles. The van der Waals surface area contributed by atoms with Gasteiger partial charge in [-0.2, -0.15) is 13.2 Å². The van der Waals surface area contributed by atoms with Crippen molar-refractivity contribution in [2.24, 2.45) is 0 Å². The summed E-state index contributed by atoms with van der Waals surface area (Å²) in [4.78, 5) is 28.7. The summed E-state index contributed by atoms with van der Waals surface area (Å²) in [6.07, 6.45) is -3.99. The summed E-state index contributed by atoms with van der Waals surface area (Å²) in [5, 5.41) is 10.1. The van der Waals surface area contributed by atoms with Gasteiger partial charge in [-0.3, -0.25) is 4.79 Å². The summed E-state index contributed by atoms with van der Waals surface area (Å²) in [5.74, 6) is -1.40. The lowest BCUT2D eigenvalue weighted by Gasteiger charge is -2.37. The number of ether oxygens (including phenoxy) is 1. The molecule has 1 N–H and O–H groups in total. The maximum absolute atomic E-state index is 13.5. The third kappa shape index (κ3) is 5.59. The van der Waals surface area contributed by atoms with Gasteiger partial charge in [-0.15, -0.1) is 0 Å². The summed E-state index contributed by atoms with van der Waals surface area (Å²) >= 11 is 0. The van der Waals surface area contributed by atoms with Crippen LogP contribution < -0.4 is 5.46 Å². The van der Waals surface area contributed by atoms with E-state index in [1.165, 1.54) is 0 Å². The summed E-state index contributed by atoms with van der Waals surface area (Å²) in [7, 11) is -0.684. The van der Waals surface area contributed by atoms with Gasteiger partial charge in [0.2, 0.25) is 5.60 Å². The second-order valence-electron chi connectivity index (χ2n) is 13.2. The molecule has 1 unspecified atom stereocenters. The molecule has 0 radical (unpaired) electrons. The second kappa shape index (κ2) is 9.91. The number of nitrogens with zero attached hydrogens (tertiary/aromatic N) is 2. The number of amides is 2. The first kappa shape index (κ1) is 30.6. The van der Waals surface area contributed by atoms with Crippen molar-refractivity contribution in [1.29, 1.82) is 0 Å². The predicted octanol–water partition coefficient (Wildman–Crippen LogP) is 4.26. The zero-order valence-corrected chi connectivity index (χ0v) is 24.6. The fourth-order valence-electron chi connectivity index (χ4n) is 5.37. The van der Waals surface area contributed by atoms with Gasteiger partial charge in [0.1, 0.15) is 5.60 Å². The lowest BCUT2D eigenvalue weighted by atomic mass is 9.74. The third-order valence-corrected chi connectivity index (χ3v) is 8.42. The molecule has 2 fully saturated rings. The number of aliphatic hydroxyl groups is 1. The fourth-order valence-corrected chi connectivity index (χ4v) is 5.37. The number of hydrogen-bond donors (Lipinski definition) is 1. The number of rotatable bonds is 3. The quantitative estimate of drug-likeness (QED) is 0.549. The first-order valence-electron chi connectivity index (χ1n) is 13.7. The van der Waals surface area contributed by atoms with Gasteiger partial charge in [0, 0.05) is 19.6 Å². The molecule has 0 bridgehead atoms. The zero-order chi connectivity index (χ0) is 30.1. The first-order chi connectivity index (χ1) is 18.1. The minimum Gasteiger partial charge on any atom is -0.444 e. The van der Waals surface area contributed by atoms with Crippen LogP contribution in [0.5, 0.6) is 0 Å². The van der Waals surface area contributed by atoms with Crippen molar-refractivity contribution >= 4 is 24.6 Å². The molecular formula is C28H40BF3N2O6. The highest BCUT2D eigenvalue weighted by Crippen LogP contribution is 2.41. The molecule has 2 atom stereocenters. The van der Waals surface area contributed by atoms with Crippen LogP contribution in [0.15, 0.2) is 12.1 Å². The van der Waals surface area contributed by atoms with Crippen LogP contribution in [0.1, 0.15) is 91.0 Å². The third-order valence-electron chi connectivity index (χ3n) is 8.42. The Hall–Kier alpha value is -2.31. The van der Waals surface area contributed by atoms with Crippen molar-refractivity contribution < 1.29 is 41.9 Å². The molecule has 0 spiro atoms. The zero-order valence-electron chi connectivity index (χ0n) is 24.6. The topological polar surface area (TPSA) is 88.5 Å². The molecule has 0 aromatic heterocycles. The van der Waals surface area contributed by atoms with Gasteiger partial charge in [-0.25, -0.2) is 4.79 Å². The van der Waals surface area contributed by atoms with Crippen LogP contribution in [-0.2, 0) is 31.8 Å². The maximum atomic E-state index is 13.5. The van der Waals surface area contributed by atoms with Crippen LogP contribution in [0.2, 0.25) is 0 Å². The Labute approximate surface area is 234 Å². The predicted molar refractivity (Wildman–Crippen MR) is 143 cm³/mol. The van der Waals surface area contributed by atoms with E-state index in [1.807, 2.05) is 39.8 Å². The van der Waals surface area contributed by atoms with Crippen molar-refractivity contribution in [2.45, 2.75) is 116 Å². The molecule has 1 aromatic carbocycles. The van der Waals surface area contributed by atoms with Crippen molar-refractivity contribution in [3.8, 4) is 0 Å². The number of likely N-dealkylation sites (tertiary alicyclic amines) is 1. The van der Waals surface area contributed by atoms with E-state index in [1.54, 1.807) is 25.7 Å². The van der Waals surface area contributed by atoms with Gasteiger partial charge in [-0.1, -0.05) is 12.1 Å². The van der Waals surface area contributed by atoms with Gasteiger partial charge < -0.3 is 29.0 Å². The van der Waals surface area contributed by atoms with Gasteiger partial charge in [-0.05, 0) is 96.8 Å². The minimum atomic E-state index is -5.12. The van der Waals surface area contributed by atoms with Gasteiger partial charge in [0.05, 0.1) is 17.2 Å². The highest BCUT2D eigenvalue weighted by molar-refractivity contribution is 6.62. The molecule has 2 saturated heterocycles. The standard InChI is InChI=1S/C28H40BF3N2O6/c1-24(2,3)38-23(36)34-12-9-10-21(34)19-15-18(29-39-25(4,5)26(6,7)40-29)14-17-11-13-33(16-20(17)19)22(35)27(8,37)28(30,31)32/h14-15,21,37H,9-13,16H2,1-8H3/t21?,27-/m0/s1. The lowest BCUT2D eigenvalue weighted by molar-refractivity contribution is -0.250. The van der Waals surface area contributed by atoms with Crippen LogP contribution in [0, 0.1) is 0 Å². The van der Waals surface area contributed by atoms with Crippen molar-refractivity contribution in [3.63, 3.8) is 0 Å². The monoisotopic (exact) mass is 568 g/mol. The van der Waals surface area contributed by atoms with Crippen LogP contribution in [-0.4, -0.2) is 75.7 Å². The van der Waals surface area contributed by atoms with Crippen LogP contribution in [0.3, 0.4) is 0 Å². The van der Waals surface area contributed by atoms with E-state index in [-0.39, 0.29) is 19.5 Å². The van der Waals surface area contributed by atoms with Crippen LogP contribution in [0.25, 0.3) is 0 Å². The lowest BCUT2D eigenvalue weighted by Crippen LogP contribution is -2.57. The van der Waals surface area contributed by atoms with E-state index >= 15 is 0 Å². The number of carbonyl (C=O) groups excluding carboxylic acids is 2. The number of hydrogen-bond acceptors (Lipinski definition) is 6. The van der Waals surface area contributed by atoms with E-state index < -0.39 is 53.7 Å². The van der Waals surface area contributed by atoms with Crippen LogP contribution >= 0.6 is 0 Å². The Bertz CT molecular complexity index is 1160. The van der Waals surface area contributed by atoms with Gasteiger partial charge in [0.25, 0.3) is 5.91 Å². The number of fused-ring (bicyclic) bond motifs is 1. The molecule has 8 nitrogen and oxygen atoms in total. The largest absolute Gasteiger partial charge is 0.494 e. The van der Waals surface area contributed by atoms with Crippen molar-refractivity contribution in [1.82, 2.24) is 9.80 Å². The molecule has 4 rings (SSSR count). The van der Waals surface area contributed by atoms with E-state index in [0.717, 1.165) is 21.5 Å². The normalized spacial score (nSPS) is 24.1. The van der Waals surface area contributed by atoms with Crippen LogP contribution in [0.4, 0.5) is 18.0 Å². The van der Waals surface area contributed by atoms with Crippen molar-refractivity contribution in [3.05, 3.63) is 28.8 Å².